The smallest absolute Gasteiger partial charge is 0.0800 e. The zero-order chi connectivity index (χ0) is 35.3. The summed E-state index contributed by atoms with van der Waals surface area (Å²) < 4.78 is 4.78. The van der Waals surface area contributed by atoms with Crippen molar-refractivity contribution in [3.05, 3.63) is 188 Å². The highest BCUT2D eigenvalue weighted by molar-refractivity contribution is 6.15. The number of pyridine rings is 1. The largest absolute Gasteiger partial charge is 0.309 e. The van der Waals surface area contributed by atoms with E-state index in [2.05, 4.69) is 197 Å². The number of fused-ring (bicyclic) bond motifs is 9. The van der Waals surface area contributed by atoms with Gasteiger partial charge in [-0.1, -0.05) is 121 Å². The first-order valence-electron chi connectivity index (χ1n) is 18.6. The molecule has 1 aliphatic rings. The zero-order valence-electron chi connectivity index (χ0n) is 29.2. The topological polar surface area (TPSA) is 22.8 Å². The molecule has 0 unspecified atom stereocenters. The number of para-hydroxylation sites is 3. The fourth-order valence-electron chi connectivity index (χ4n) is 9.05. The molecule has 11 aromatic rings. The van der Waals surface area contributed by atoms with Gasteiger partial charge in [-0.05, 0) is 94.4 Å². The van der Waals surface area contributed by atoms with E-state index in [1.807, 2.05) is 0 Å². The van der Waals surface area contributed by atoms with Gasteiger partial charge in [0.25, 0.3) is 0 Å². The molecule has 0 bridgehead atoms. The predicted octanol–water partition coefficient (Wildman–Crippen LogP) is 13.4. The maximum Gasteiger partial charge on any atom is 0.0800 e. The molecule has 0 amide bonds. The monoisotopic (exact) mass is 685 g/mol. The summed E-state index contributed by atoms with van der Waals surface area (Å²) in [6, 6.07) is 68.4. The molecular formula is C51H31N3. The van der Waals surface area contributed by atoms with Gasteiger partial charge in [-0.2, -0.15) is 0 Å². The van der Waals surface area contributed by atoms with E-state index in [9.17, 15) is 0 Å². The van der Waals surface area contributed by atoms with Crippen LogP contribution in [-0.4, -0.2) is 14.1 Å². The van der Waals surface area contributed by atoms with Crippen molar-refractivity contribution in [1.29, 1.82) is 0 Å². The molecule has 0 fully saturated rings. The summed E-state index contributed by atoms with van der Waals surface area (Å²) in [6.45, 7) is 0. The standard InChI is InChI=1S/C51H31N3/c1-2-14-36(15-3-1)53-46-22-8-6-18-39(46)43-29-32(24-26-48(43)53)33-25-27-49-44(30-33)40-19-7-9-23-47(40)54(49)37-16-10-12-34(28-37)45-31-35-13-11-21-41-38-17-4-5-20-42(38)51(52-45)50(35)41/h1-31H. The van der Waals surface area contributed by atoms with Gasteiger partial charge in [0.1, 0.15) is 0 Å². The second kappa shape index (κ2) is 11.1. The van der Waals surface area contributed by atoms with Crippen LogP contribution in [0, 0.1) is 0 Å². The summed E-state index contributed by atoms with van der Waals surface area (Å²) in [4.78, 5) is 5.32. The number of hydrogen-bond acceptors (Lipinski definition) is 1. The maximum atomic E-state index is 5.32. The predicted molar refractivity (Wildman–Crippen MR) is 226 cm³/mol. The zero-order valence-corrected chi connectivity index (χ0v) is 29.2. The molecule has 0 atom stereocenters. The average Bonchev–Trinajstić information content (AvgIpc) is 3.87. The molecule has 8 aromatic carbocycles. The Labute approximate surface area is 311 Å². The van der Waals surface area contributed by atoms with Crippen LogP contribution in [0.4, 0.5) is 0 Å². The quantitative estimate of drug-likeness (QED) is 0.181. The Morgan fingerprint density at radius 3 is 1.61 bits per heavy atom. The SMILES string of the molecule is c1ccc(-n2c3ccccc3c3cc(-c4ccc5c(c4)c4ccccc4n5-c4cccc(-c5cc6cccc7c6c(n5)-c5ccccc5-7)c4)ccc32)cc1. The molecule has 250 valence electrons. The number of benzene rings is 8. The van der Waals surface area contributed by atoms with E-state index in [0.29, 0.717) is 0 Å². The van der Waals surface area contributed by atoms with E-state index in [-0.39, 0.29) is 0 Å². The molecule has 1 aliphatic carbocycles. The molecule has 3 nitrogen and oxygen atoms in total. The Hall–Kier alpha value is -7.23. The lowest BCUT2D eigenvalue weighted by molar-refractivity contribution is 1.18. The third-order valence-corrected chi connectivity index (χ3v) is 11.4. The molecular weight excluding hydrogens is 655 g/mol. The Bertz CT molecular complexity index is 3330. The summed E-state index contributed by atoms with van der Waals surface area (Å²) in [5, 5.41) is 7.46. The highest BCUT2D eigenvalue weighted by Gasteiger charge is 2.23. The van der Waals surface area contributed by atoms with Crippen molar-refractivity contribution >= 4 is 54.4 Å². The van der Waals surface area contributed by atoms with Crippen molar-refractivity contribution in [2.45, 2.75) is 0 Å². The van der Waals surface area contributed by atoms with E-state index in [1.54, 1.807) is 0 Å². The van der Waals surface area contributed by atoms with Crippen LogP contribution in [0.2, 0.25) is 0 Å². The highest BCUT2D eigenvalue weighted by Crippen LogP contribution is 2.47. The fraction of sp³-hybridized carbons (Fsp3) is 0. The minimum absolute atomic E-state index is 0.986. The second-order valence-electron chi connectivity index (χ2n) is 14.4. The van der Waals surface area contributed by atoms with Gasteiger partial charge in [0.15, 0.2) is 0 Å². The molecule has 0 saturated heterocycles. The summed E-state index contributed by atoms with van der Waals surface area (Å²) >= 11 is 0. The van der Waals surface area contributed by atoms with Crippen LogP contribution in [0.25, 0.3) is 111 Å². The Morgan fingerprint density at radius 1 is 0.333 bits per heavy atom. The molecule has 3 heteroatoms. The first-order valence-corrected chi connectivity index (χ1v) is 18.6. The number of aromatic nitrogens is 3. The van der Waals surface area contributed by atoms with Crippen molar-refractivity contribution < 1.29 is 0 Å². The van der Waals surface area contributed by atoms with Crippen LogP contribution in [0.15, 0.2) is 188 Å². The van der Waals surface area contributed by atoms with Gasteiger partial charge in [-0.15, -0.1) is 0 Å². The molecule has 0 N–H and O–H groups in total. The lowest BCUT2D eigenvalue weighted by atomic mass is 10.0. The third kappa shape index (κ3) is 4.15. The summed E-state index contributed by atoms with van der Waals surface area (Å²) in [5.74, 6) is 0. The van der Waals surface area contributed by atoms with Crippen molar-refractivity contribution in [1.82, 2.24) is 14.1 Å². The van der Waals surface area contributed by atoms with Gasteiger partial charge in [-0.3, -0.25) is 0 Å². The van der Waals surface area contributed by atoms with E-state index in [1.165, 1.54) is 87.9 Å². The molecule has 0 saturated carbocycles. The van der Waals surface area contributed by atoms with E-state index < -0.39 is 0 Å². The Kier molecular flexibility index (Phi) is 6.05. The lowest BCUT2D eigenvalue weighted by Crippen LogP contribution is -1.95. The van der Waals surface area contributed by atoms with Crippen LogP contribution >= 0.6 is 0 Å². The summed E-state index contributed by atoms with van der Waals surface area (Å²) in [6.07, 6.45) is 0. The van der Waals surface area contributed by atoms with Gasteiger partial charge in [0.2, 0.25) is 0 Å². The van der Waals surface area contributed by atoms with Gasteiger partial charge >= 0.3 is 0 Å². The first kappa shape index (κ1) is 29.4. The van der Waals surface area contributed by atoms with E-state index >= 15 is 0 Å². The second-order valence-corrected chi connectivity index (χ2v) is 14.4. The van der Waals surface area contributed by atoms with E-state index in [0.717, 1.165) is 22.6 Å². The molecule has 0 radical (unpaired) electrons. The van der Waals surface area contributed by atoms with Crippen LogP contribution in [0.3, 0.4) is 0 Å². The fourth-order valence-corrected chi connectivity index (χ4v) is 9.05. The van der Waals surface area contributed by atoms with Crippen molar-refractivity contribution in [3.8, 4) is 56.1 Å². The normalized spacial score (nSPS) is 12.1. The van der Waals surface area contributed by atoms with Gasteiger partial charge in [0.05, 0.1) is 33.5 Å². The molecule has 12 rings (SSSR count). The molecule has 0 spiro atoms. The van der Waals surface area contributed by atoms with Gasteiger partial charge < -0.3 is 9.13 Å². The van der Waals surface area contributed by atoms with E-state index in [4.69, 9.17) is 4.98 Å². The minimum Gasteiger partial charge on any atom is -0.309 e. The summed E-state index contributed by atoms with van der Waals surface area (Å²) in [7, 11) is 0. The number of rotatable bonds is 4. The van der Waals surface area contributed by atoms with Crippen molar-refractivity contribution in [2.24, 2.45) is 0 Å². The Morgan fingerprint density at radius 2 is 0.889 bits per heavy atom. The molecule has 3 heterocycles. The molecule has 54 heavy (non-hydrogen) atoms. The molecule has 3 aromatic heterocycles. The van der Waals surface area contributed by atoms with Gasteiger partial charge in [0, 0.05) is 49.4 Å². The summed E-state index contributed by atoms with van der Waals surface area (Å²) in [5.41, 5.74) is 16.4. The van der Waals surface area contributed by atoms with Crippen molar-refractivity contribution in [2.75, 3.05) is 0 Å². The van der Waals surface area contributed by atoms with Crippen LogP contribution in [-0.2, 0) is 0 Å². The Balaban J connectivity index is 1.00. The van der Waals surface area contributed by atoms with Crippen LogP contribution in [0.5, 0.6) is 0 Å². The minimum atomic E-state index is 0.986. The number of nitrogens with zero attached hydrogens (tertiary/aromatic N) is 3. The molecule has 0 aliphatic heterocycles. The van der Waals surface area contributed by atoms with Crippen molar-refractivity contribution in [3.63, 3.8) is 0 Å². The lowest BCUT2D eigenvalue weighted by Gasteiger charge is -2.12. The van der Waals surface area contributed by atoms with Gasteiger partial charge in [-0.25, -0.2) is 4.98 Å². The average molecular weight is 686 g/mol. The third-order valence-electron chi connectivity index (χ3n) is 11.4. The maximum absolute atomic E-state index is 5.32. The first-order chi connectivity index (χ1) is 26.8. The van der Waals surface area contributed by atoms with Crippen LogP contribution < -0.4 is 0 Å². The van der Waals surface area contributed by atoms with Crippen LogP contribution in [0.1, 0.15) is 0 Å². The number of hydrogen-bond donors (Lipinski definition) is 0. The highest BCUT2D eigenvalue weighted by atomic mass is 15.0.